The molecule has 1 amide bonds. The largest absolute Gasteiger partial charge is 0.418 e. The first-order valence-corrected chi connectivity index (χ1v) is 6.94. The maximum absolute atomic E-state index is 12.8. The molecule has 0 heterocycles. The molecule has 0 saturated carbocycles. The van der Waals surface area contributed by atoms with E-state index < -0.39 is 35.9 Å². The third kappa shape index (κ3) is 5.13. The van der Waals surface area contributed by atoms with Gasteiger partial charge in [-0.3, -0.25) is 4.79 Å². The number of benzene rings is 2. The lowest BCUT2D eigenvalue weighted by molar-refractivity contribution is -0.138. The number of halogens is 6. The number of nitrogens with one attached hydrogen (secondary N) is 2. The molecule has 2 N–H and O–H groups in total. The third-order valence-electron chi connectivity index (χ3n) is 3.17. The van der Waals surface area contributed by atoms with E-state index in [2.05, 4.69) is 10.6 Å². The van der Waals surface area contributed by atoms with Crippen LogP contribution < -0.4 is 10.6 Å². The molecule has 2 aromatic rings. The second-order valence-corrected chi connectivity index (χ2v) is 5.02. The van der Waals surface area contributed by atoms with E-state index in [9.17, 15) is 31.1 Å². The van der Waals surface area contributed by atoms with Gasteiger partial charge in [0.05, 0.1) is 17.7 Å². The van der Waals surface area contributed by atoms with E-state index in [0.29, 0.717) is 0 Å². The molecule has 134 valence electrons. The van der Waals surface area contributed by atoms with E-state index in [4.69, 9.17) is 0 Å². The van der Waals surface area contributed by atoms with Crippen LogP contribution in [0.15, 0.2) is 48.5 Å². The molecule has 25 heavy (non-hydrogen) atoms. The molecule has 0 aromatic heterocycles. The highest BCUT2D eigenvalue weighted by atomic mass is 19.4. The minimum Gasteiger partial charge on any atom is -0.376 e. The van der Waals surface area contributed by atoms with Crippen molar-refractivity contribution in [1.29, 1.82) is 0 Å². The normalized spacial score (nSPS) is 11.9. The van der Waals surface area contributed by atoms with Crippen molar-refractivity contribution in [3.63, 3.8) is 0 Å². The standard InChI is InChI=1S/C16H12F6N2O/c17-15(18,19)10-5-7-11(8-6-10)24-14(25)9-23-13-4-2-1-3-12(13)16(20,21)22/h1-8,23H,9H2,(H,24,25). The molecule has 0 spiro atoms. The molecule has 3 nitrogen and oxygen atoms in total. The fourth-order valence-electron chi connectivity index (χ4n) is 2.01. The number of hydrogen-bond acceptors (Lipinski definition) is 2. The molecule has 9 heteroatoms. The van der Waals surface area contributed by atoms with E-state index in [1.807, 2.05) is 0 Å². The highest BCUT2D eigenvalue weighted by molar-refractivity contribution is 5.93. The molecule has 0 aliphatic rings. The van der Waals surface area contributed by atoms with Crippen molar-refractivity contribution in [2.24, 2.45) is 0 Å². The Morgan fingerprint density at radius 1 is 0.840 bits per heavy atom. The molecular formula is C16H12F6N2O. The Bertz CT molecular complexity index is 738. The molecule has 0 aliphatic heterocycles. The summed E-state index contributed by atoms with van der Waals surface area (Å²) in [7, 11) is 0. The van der Waals surface area contributed by atoms with E-state index in [1.54, 1.807) is 0 Å². The van der Waals surface area contributed by atoms with Gasteiger partial charge in [0.15, 0.2) is 0 Å². The lowest BCUT2D eigenvalue weighted by Gasteiger charge is -2.14. The molecule has 0 saturated heterocycles. The van der Waals surface area contributed by atoms with Gasteiger partial charge in [-0.15, -0.1) is 0 Å². The van der Waals surface area contributed by atoms with Crippen LogP contribution in [0.3, 0.4) is 0 Å². The summed E-state index contributed by atoms with van der Waals surface area (Å²) >= 11 is 0. The molecule has 2 aromatic carbocycles. The average Bonchev–Trinajstić information content (AvgIpc) is 2.52. The topological polar surface area (TPSA) is 41.1 Å². The van der Waals surface area contributed by atoms with Gasteiger partial charge in [-0.2, -0.15) is 26.3 Å². The Hall–Kier alpha value is -2.71. The van der Waals surface area contributed by atoms with Crippen molar-refractivity contribution >= 4 is 17.3 Å². The molecule has 0 bridgehead atoms. The minimum absolute atomic E-state index is 0.101. The maximum atomic E-state index is 12.8. The van der Waals surface area contributed by atoms with Crippen LogP contribution in [-0.4, -0.2) is 12.5 Å². The van der Waals surface area contributed by atoms with Gasteiger partial charge >= 0.3 is 12.4 Å². The number of rotatable bonds is 4. The lowest BCUT2D eigenvalue weighted by atomic mass is 10.1. The molecule has 2 rings (SSSR count). The Morgan fingerprint density at radius 3 is 2.00 bits per heavy atom. The number of carbonyl (C=O) groups excluding carboxylic acids is 1. The summed E-state index contributed by atoms with van der Waals surface area (Å²) in [5.74, 6) is -0.697. The summed E-state index contributed by atoms with van der Waals surface area (Å²) in [5, 5.41) is 4.66. The molecule has 0 aliphatic carbocycles. The number of para-hydroxylation sites is 1. The molecule has 0 atom stereocenters. The predicted molar refractivity (Wildman–Crippen MR) is 80.0 cm³/mol. The first-order valence-electron chi connectivity index (χ1n) is 6.94. The zero-order valence-corrected chi connectivity index (χ0v) is 12.5. The Kier molecular flexibility index (Phi) is 5.24. The monoisotopic (exact) mass is 362 g/mol. The second kappa shape index (κ2) is 7.04. The van der Waals surface area contributed by atoms with E-state index in [0.717, 1.165) is 30.3 Å². The number of amides is 1. The van der Waals surface area contributed by atoms with Gasteiger partial charge in [0, 0.05) is 11.4 Å². The van der Waals surface area contributed by atoms with Crippen molar-refractivity contribution in [1.82, 2.24) is 0 Å². The SMILES string of the molecule is O=C(CNc1ccccc1C(F)(F)F)Nc1ccc(C(F)(F)F)cc1. The zero-order chi connectivity index (χ0) is 18.7. The Labute approximate surface area is 138 Å². The number of hydrogen-bond donors (Lipinski definition) is 2. The smallest absolute Gasteiger partial charge is 0.376 e. The number of carbonyl (C=O) groups is 1. The quantitative estimate of drug-likeness (QED) is 0.769. The van der Waals surface area contributed by atoms with Crippen molar-refractivity contribution in [3.8, 4) is 0 Å². The summed E-state index contributed by atoms with van der Waals surface area (Å²) in [6.45, 7) is -0.478. The third-order valence-corrected chi connectivity index (χ3v) is 3.17. The van der Waals surface area contributed by atoms with Crippen LogP contribution in [0, 0.1) is 0 Å². The zero-order valence-electron chi connectivity index (χ0n) is 12.5. The van der Waals surface area contributed by atoms with Crippen LogP contribution in [0.1, 0.15) is 11.1 Å². The van der Waals surface area contributed by atoms with Gasteiger partial charge in [0.25, 0.3) is 0 Å². The fourth-order valence-corrected chi connectivity index (χ4v) is 2.01. The van der Waals surface area contributed by atoms with Crippen molar-refractivity contribution in [3.05, 3.63) is 59.7 Å². The van der Waals surface area contributed by atoms with Crippen LogP contribution in [0.4, 0.5) is 37.7 Å². The van der Waals surface area contributed by atoms with Gasteiger partial charge < -0.3 is 10.6 Å². The van der Waals surface area contributed by atoms with Crippen LogP contribution >= 0.6 is 0 Å². The van der Waals surface area contributed by atoms with Gasteiger partial charge in [-0.25, -0.2) is 0 Å². The lowest BCUT2D eigenvalue weighted by Crippen LogP contribution is -2.23. The molecule has 0 unspecified atom stereocenters. The van der Waals surface area contributed by atoms with Crippen molar-refractivity contribution < 1.29 is 31.1 Å². The summed E-state index contributed by atoms with van der Waals surface area (Å²) in [6.07, 6.45) is -9.07. The summed E-state index contributed by atoms with van der Waals surface area (Å²) in [4.78, 5) is 11.8. The number of alkyl halides is 6. The van der Waals surface area contributed by atoms with Gasteiger partial charge in [-0.05, 0) is 36.4 Å². The molecule has 0 fully saturated rings. The van der Waals surface area contributed by atoms with Crippen molar-refractivity contribution in [2.45, 2.75) is 12.4 Å². The van der Waals surface area contributed by atoms with Crippen LogP contribution in [0.2, 0.25) is 0 Å². The van der Waals surface area contributed by atoms with Crippen LogP contribution in [0.5, 0.6) is 0 Å². The average molecular weight is 362 g/mol. The highest BCUT2D eigenvalue weighted by Crippen LogP contribution is 2.34. The maximum Gasteiger partial charge on any atom is 0.418 e. The first-order chi connectivity index (χ1) is 11.6. The van der Waals surface area contributed by atoms with Gasteiger partial charge in [-0.1, -0.05) is 12.1 Å². The summed E-state index contributed by atoms with van der Waals surface area (Å²) < 4.78 is 75.8. The fraction of sp³-hybridized carbons (Fsp3) is 0.188. The van der Waals surface area contributed by atoms with E-state index in [1.165, 1.54) is 18.2 Å². The summed E-state index contributed by atoms with van der Waals surface area (Å²) in [6, 6.07) is 8.35. The molecular weight excluding hydrogens is 350 g/mol. The Balaban J connectivity index is 1.98. The summed E-state index contributed by atoms with van der Waals surface area (Å²) in [5.41, 5.74) is -1.96. The first kappa shape index (κ1) is 18.6. The van der Waals surface area contributed by atoms with Crippen LogP contribution in [0.25, 0.3) is 0 Å². The van der Waals surface area contributed by atoms with Gasteiger partial charge in [0.2, 0.25) is 5.91 Å². The Morgan fingerprint density at radius 2 is 1.44 bits per heavy atom. The predicted octanol–water partition coefficient (Wildman–Crippen LogP) is 4.77. The van der Waals surface area contributed by atoms with Crippen molar-refractivity contribution in [2.75, 3.05) is 17.2 Å². The van der Waals surface area contributed by atoms with E-state index >= 15 is 0 Å². The minimum atomic E-state index is -4.58. The molecule has 0 radical (unpaired) electrons. The van der Waals surface area contributed by atoms with Gasteiger partial charge in [0.1, 0.15) is 0 Å². The second-order valence-electron chi connectivity index (χ2n) is 5.02. The highest BCUT2D eigenvalue weighted by Gasteiger charge is 2.33. The number of anilines is 2. The van der Waals surface area contributed by atoms with E-state index in [-0.39, 0.29) is 11.4 Å². The van der Waals surface area contributed by atoms with Crippen LogP contribution in [-0.2, 0) is 17.1 Å².